The fourth-order valence-electron chi connectivity index (χ4n) is 1.31. The van der Waals surface area contributed by atoms with Gasteiger partial charge in [-0.2, -0.15) is 11.8 Å². The van der Waals surface area contributed by atoms with E-state index < -0.39 is 0 Å². The lowest BCUT2D eigenvalue weighted by Gasteiger charge is -2.19. The molecule has 0 aliphatic carbocycles. The van der Waals surface area contributed by atoms with E-state index in [4.69, 9.17) is 4.74 Å². The van der Waals surface area contributed by atoms with E-state index in [0.717, 1.165) is 12.2 Å². The molecule has 0 aliphatic rings. The third kappa shape index (κ3) is 7.96. The first-order chi connectivity index (χ1) is 7.61. The highest BCUT2D eigenvalue weighted by Crippen LogP contribution is 2.00. The molecule has 16 heavy (non-hydrogen) atoms. The van der Waals surface area contributed by atoms with E-state index in [1.54, 1.807) is 7.11 Å². The molecular weight excluding hydrogens is 224 g/mol. The molecule has 0 spiro atoms. The molecule has 0 rings (SSSR count). The number of carbonyl (C=O) groups is 1. The fraction of sp³-hybridized carbons (Fsp3) is 0.909. The van der Waals surface area contributed by atoms with Gasteiger partial charge in [0.15, 0.2) is 0 Å². The number of hydrogen-bond donors (Lipinski definition) is 2. The summed E-state index contributed by atoms with van der Waals surface area (Å²) in [6.07, 6.45) is 3.17. The summed E-state index contributed by atoms with van der Waals surface area (Å²) in [5, 5.41) is 6.09. The van der Waals surface area contributed by atoms with Crippen LogP contribution in [0.5, 0.6) is 0 Å². The largest absolute Gasteiger partial charge is 0.383 e. The van der Waals surface area contributed by atoms with Gasteiger partial charge in [0.25, 0.3) is 0 Å². The number of ether oxygens (including phenoxy) is 1. The van der Waals surface area contributed by atoms with Gasteiger partial charge in [-0.25, -0.2) is 0 Å². The molecule has 0 fully saturated rings. The first-order valence-corrected chi connectivity index (χ1v) is 7.02. The van der Waals surface area contributed by atoms with Crippen LogP contribution in [0.1, 0.15) is 20.3 Å². The Morgan fingerprint density at radius 3 is 2.69 bits per heavy atom. The van der Waals surface area contributed by atoms with Gasteiger partial charge in [0.1, 0.15) is 0 Å². The summed E-state index contributed by atoms with van der Waals surface area (Å²) in [5.74, 6) is 1.15. The van der Waals surface area contributed by atoms with E-state index in [1.165, 1.54) is 0 Å². The topological polar surface area (TPSA) is 50.4 Å². The molecule has 0 bridgehead atoms. The number of rotatable bonds is 9. The molecule has 1 amide bonds. The Kier molecular flexibility index (Phi) is 9.77. The number of nitrogens with one attached hydrogen (secondary N) is 2. The van der Waals surface area contributed by atoms with E-state index in [1.807, 2.05) is 18.7 Å². The van der Waals surface area contributed by atoms with Crippen LogP contribution in [-0.4, -0.2) is 50.3 Å². The molecule has 0 aliphatic heterocycles. The van der Waals surface area contributed by atoms with E-state index in [0.29, 0.717) is 19.2 Å². The maximum atomic E-state index is 11.6. The summed E-state index contributed by atoms with van der Waals surface area (Å²) in [6, 6.07) is 0.226. The van der Waals surface area contributed by atoms with Crippen molar-refractivity contribution in [1.82, 2.24) is 10.6 Å². The minimum Gasteiger partial charge on any atom is -0.383 e. The van der Waals surface area contributed by atoms with Crippen LogP contribution in [-0.2, 0) is 9.53 Å². The van der Waals surface area contributed by atoms with Gasteiger partial charge in [-0.1, -0.05) is 0 Å². The van der Waals surface area contributed by atoms with Gasteiger partial charge in [0.05, 0.1) is 12.6 Å². The van der Waals surface area contributed by atoms with Crippen molar-refractivity contribution in [3.05, 3.63) is 0 Å². The summed E-state index contributed by atoms with van der Waals surface area (Å²) in [4.78, 5) is 11.6. The Hall–Kier alpha value is -0.260. The van der Waals surface area contributed by atoms with Crippen LogP contribution in [0, 0.1) is 0 Å². The molecule has 96 valence electrons. The van der Waals surface area contributed by atoms with Gasteiger partial charge < -0.3 is 15.4 Å². The van der Waals surface area contributed by atoms with Crippen molar-refractivity contribution in [2.75, 3.05) is 32.3 Å². The van der Waals surface area contributed by atoms with Crippen LogP contribution in [0.2, 0.25) is 0 Å². The smallest absolute Gasteiger partial charge is 0.236 e. The van der Waals surface area contributed by atoms with Crippen LogP contribution >= 0.6 is 11.8 Å². The van der Waals surface area contributed by atoms with Crippen molar-refractivity contribution < 1.29 is 9.53 Å². The Morgan fingerprint density at radius 2 is 2.12 bits per heavy atom. The highest BCUT2D eigenvalue weighted by atomic mass is 32.2. The van der Waals surface area contributed by atoms with Gasteiger partial charge in [-0.05, 0) is 32.3 Å². The molecule has 0 saturated carbocycles. The Bertz CT molecular complexity index is 191. The van der Waals surface area contributed by atoms with E-state index in [-0.39, 0.29) is 11.9 Å². The molecular formula is C11H24N2O2S. The average Bonchev–Trinajstić information content (AvgIpc) is 2.26. The van der Waals surface area contributed by atoms with E-state index >= 15 is 0 Å². The molecule has 0 saturated heterocycles. The van der Waals surface area contributed by atoms with Crippen LogP contribution in [0.4, 0.5) is 0 Å². The lowest BCUT2D eigenvalue weighted by Crippen LogP contribution is -2.46. The zero-order chi connectivity index (χ0) is 12.4. The number of carbonyl (C=O) groups excluding carboxylic acids is 1. The number of methoxy groups -OCH3 is 1. The van der Waals surface area contributed by atoms with Crippen LogP contribution in [0.3, 0.4) is 0 Å². The molecule has 2 atom stereocenters. The van der Waals surface area contributed by atoms with Crippen LogP contribution < -0.4 is 10.6 Å². The van der Waals surface area contributed by atoms with Gasteiger partial charge >= 0.3 is 0 Å². The number of thioether (sulfide) groups is 1. The molecule has 0 aromatic heterocycles. The molecule has 0 radical (unpaired) electrons. The van der Waals surface area contributed by atoms with Crippen molar-refractivity contribution in [3.63, 3.8) is 0 Å². The summed E-state index contributed by atoms with van der Waals surface area (Å²) >= 11 is 1.83. The van der Waals surface area contributed by atoms with Crippen molar-refractivity contribution in [2.24, 2.45) is 0 Å². The third-order valence-corrected chi connectivity index (χ3v) is 2.93. The molecule has 0 aromatic rings. The van der Waals surface area contributed by atoms with Crippen molar-refractivity contribution in [2.45, 2.75) is 32.4 Å². The van der Waals surface area contributed by atoms with E-state index in [9.17, 15) is 4.79 Å². The Morgan fingerprint density at radius 1 is 1.44 bits per heavy atom. The average molecular weight is 248 g/mol. The van der Waals surface area contributed by atoms with Crippen LogP contribution in [0.15, 0.2) is 0 Å². The standard InChI is InChI=1S/C11H24N2O2S/c1-9(5-8-16-4)13-10(2)11(14)12-6-7-15-3/h9-10,13H,5-8H2,1-4H3,(H,12,14). The SMILES string of the molecule is COCCNC(=O)C(C)NC(C)CCSC. The molecule has 5 heteroatoms. The maximum Gasteiger partial charge on any atom is 0.236 e. The minimum absolute atomic E-state index is 0.0352. The lowest BCUT2D eigenvalue weighted by molar-refractivity contribution is -0.123. The third-order valence-electron chi connectivity index (χ3n) is 2.29. The van der Waals surface area contributed by atoms with Crippen molar-refractivity contribution in [1.29, 1.82) is 0 Å². The van der Waals surface area contributed by atoms with Crippen molar-refractivity contribution in [3.8, 4) is 0 Å². The Balaban J connectivity index is 3.68. The van der Waals surface area contributed by atoms with Gasteiger partial charge in [0, 0.05) is 19.7 Å². The molecule has 0 heterocycles. The number of amides is 1. The minimum atomic E-state index is -0.145. The van der Waals surface area contributed by atoms with Gasteiger partial charge in [0.2, 0.25) is 5.91 Å². The van der Waals surface area contributed by atoms with Gasteiger partial charge in [-0.15, -0.1) is 0 Å². The molecule has 2 unspecified atom stereocenters. The second-order valence-corrected chi connectivity index (χ2v) is 4.84. The second-order valence-electron chi connectivity index (χ2n) is 3.85. The summed E-state index contributed by atoms with van der Waals surface area (Å²) in [7, 11) is 1.62. The molecule has 2 N–H and O–H groups in total. The van der Waals surface area contributed by atoms with Gasteiger partial charge in [-0.3, -0.25) is 4.79 Å². The predicted molar refractivity (Wildman–Crippen MR) is 69.9 cm³/mol. The number of hydrogen-bond acceptors (Lipinski definition) is 4. The zero-order valence-corrected chi connectivity index (χ0v) is 11.5. The van der Waals surface area contributed by atoms with Crippen LogP contribution in [0.25, 0.3) is 0 Å². The first kappa shape index (κ1) is 15.7. The Labute approximate surface area is 103 Å². The normalized spacial score (nSPS) is 14.5. The fourth-order valence-corrected chi connectivity index (χ4v) is 1.90. The summed E-state index contributed by atoms with van der Waals surface area (Å²) in [5.41, 5.74) is 0. The quantitative estimate of drug-likeness (QED) is 0.595. The monoisotopic (exact) mass is 248 g/mol. The second kappa shape index (κ2) is 9.93. The highest BCUT2D eigenvalue weighted by molar-refractivity contribution is 7.98. The van der Waals surface area contributed by atoms with Crippen molar-refractivity contribution >= 4 is 17.7 Å². The predicted octanol–water partition coefficient (Wildman–Crippen LogP) is 0.869. The first-order valence-electron chi connectivity index (χ1n) is 5.63. The molecule has 4 nitrogen and oxygen atoms in total. The zero-order valence-electron chi connectivity index (χ0n) is 10.7. The summed E-state index contributed by atoms with van der Waals surface area (Å²) < 4.78 is 4.87. The maximum absolute atomic E-state index is 11.6. The highest BCUT2D eigenvalue weighted by Gasteiger charge is 2.14. The lowest BCUT2D eigenvalue weighted by atomic mass is 10.2. The van der Waals surface area contributed by atoms with E-state index in [2.05, 4.69) is 23.8 Å². The molecule has 0 aromatic carbocycles. The summed E-state index contributed by atoms with van der Waals surface area (Å²) in [6.45, 7) is 5.12.